The topological polar surface area (TPSA) is 9.23 Å². The molecule has 0 unspecified atom stereocenters. The van der Waals surface area contributed by atoms with Crippen molar-refractivity contribution < 1.29 is 4.74 Å². The predicted octanol–water partition coefficient (Wildman–Crippen LogP) is 3.41. The van der Waals surface area contributed by atoms with Crippen LogP contribution in [0.1, 0.15) is 11.3 Å². The first kappa shape index (κ1) is 9.97. The van der Waals surface area contributed by atoms with E-state index in [1.54, 1.807) is 11.3 Å². The highest BCUT2D eigenvalue weighted by molar-refractivity contribution is 9.11. The number of halogens is 2. The van der Waals surface area contributed by atoms with Gasteiger partial charge in [0.2, 0.25) is 0 Å². The Balaban J connectivity index is 2.21. The normalized spacial score (nSPS) is 19.8. The fourth-order valence-corrected chi connectivity index (χ4v) is 3.47. The first-order valence-corrected chi connectivity index (χ1v) is 6.31. The number of hydrogen-bond donors (Lipinski definition) is 0. The zero-order valence-electron chi connectivity index (χ0n) is 7.06. The monoisotopic (exact) mass is 280 g/mol. The Kier molecular flexibility index (Phi) is 2.98. The molecule has 13 heavy (non-hydrogen) atoms. The Morgan fingerprint density at radius 1 is 1.54 bits per heavy atom. The molecule has 0 N–H and O–H groups in total. The highest BCUT2D eigenvalue weighted by Gasteiger charge is 2.40. The third-order valence-electron chi connectivity index (χ3n) is 2.43. The molecule has 0 spiro atoms. The zero-order valence-corrected chi connectivity index (χ0v) is 10.2. The number of rotatable bonds is 3. The quantitative estimate of drug-likeness (QED) is 0.772. The molecule has 1 aliphatic heterocycles. The second-order valence-electron chi connectivity index (χ2n) is 3.32. The average Bonchev–Trinajstić information content (AvgIpc) is 2.44. The maximum Gasteiger partial charge on any atom is 0.0701 e. The molecule has 2 rings (SSSR count). The molecular formula is C9H10BrClOS. The minimum absolute atomic E-state index is 0.221. The van der Waals surface area contributed by atoms with Gasteiger partial charge in [-0.25, -0.2) is 0 Å². The van der Waals surface area contributed by atoms with Crippen LogP contribution in [0.5, 0.6) is 0 Å². The van der Waals surface area contributed by atoms with Crippen molar-refractivity contribution in [3.05, 3.63) is 20.8 Å². The van der Waals surface area contributed by atoms with E-state index in [-0.39, 0.29) is 5.41 Å². The van der Waals surface area contributed by atoms with E-state index >= 15 is 0 Å². The largest absolute Gasteiger partial charge is 0.379 e. The van der Waals surface area contributed by atoms with Crippen LogP contribution in [0.2, 0.25) is 0 Å². The van der Waals surface area contributed by atoms with E-state index in [4.69, 9.17) is 16.3 Å². The lowest BCUT2D eigenvalue weighted by Gasteiger charge is -2.40. The van der Waals surface area contributed by atoms with Gasteiger partial charge in [0.05, 0.1) is 22.4 Å². The molecule has 1 saturated heterocycles. The van der Waals surface area contributed by atoms with Gasteiger partial charge in [0.1, 0.15) is 0 Å². The highest BCUT2D eigenvalue weighted by atomic mass is 79.9. The number of hydrogen-bond acceptors (Lipinski definition) is 2. The molecule has 0 amide bonds. The third kappa shape index (κ3) is 1.80. The molecule has 0 saturated carbocycles. The summed E-state index contributed by atoms with van der Waals surface area (Å²) in [4.78, 5) is 1.39. The molecule has 0 atom stereocenters. The van der Waals surface area contributed by atoms with Gasteiger partial charge in [-0.2, -0.15) is 0 Å². The molecule has 72 valence electrons. The summed E-state index contributed by atoms with van der Waals surface area (Å²) in [6.07, 6.45) is 1.02. The van der Waals surface area contributed by atoms with E-state index in [0.29, 0.717) is 5.88 Å². The maximum atomic E-state index is 5.79. The summed E-state index contributed by atoms with van der Waals surface area (Å²) in [5.41, 5.74) is 0.221. The zero-order chi connectivity index (χ0) is 9.31. The third-order valence-corrected chi connectivity index (χ3v) is 4.48. The van der Waals surface area contributed by atoms with Gasteiger partial charge in [-0.1, -0.05) is 0 Å². The lowest BCUT2D eigenvalue weighted by atomic mass is 9.82. The van der Waals surface area contributed by atoms with Gasteiger partial charge in [-0.3, -0.25) is 0 Å². The van der Waals surface area contributed by atoms with E-state index < -0.39 is 0 Å². The summed E-state index contributed by atoms with van der Waals surface area (Å²) in [5, 5.41) is 0. The Bertz CT molecular complexity index is 296. The van der Waals surface area contributed by atoms with Crippen LogP contribution in [0, 0.1) is 0 Å². The maximum absolute atomic E-state index is 5.79. The SMILES string of the molecule is ClCCC1(c2ccc(Br)s2)COC1. The van der Waals surface area contributed by atoms with Crippen molar-refractivity contribution in [1.29, 1.82) is 0 Å². The second kappa shape index (κ2) is 3.89. The van der Waals surface area contributed by atoms with Gasteiger partial charge >= 0.3 is 0 Å². The van der Waals surface area contributed by atoms with Crippen molar-refractivity contribution in [2.45, 2.75) is 11.8 Å². The average molecular weight is 282 g/mol. The lowest BCUT2D eigenvalue weighted by molar-refractivity contribution is -0.0597. The van der Waals surface area contributed by atoms with Crippen LogP contribution in [0.3, 0.4) is 0 Å². The molecule has 1 fully saturated rings. The second-order valence-corrected chi connectivity index (χ2v) is 6.16. The molecule has 0 radical (unpaired) electrons. The van der Waals surface area contributed by atoms with Gasteiger partial charge in [-0.05, 0) is 34.5 Å². The first-order chi connectivity index (χ1) is 6.27. The van der Waals surface area contributed by atoms with Crippen molar-refractivity contribution in [2.75, 3.05) is 19.1 Å². The van der Waals surface area contributed by atoms with Crippen molar-refractivity contribution in [3.8, 4) is 0 Å². The first-order valence-electron chi connectivity index (χ1n) is 4.16. The van der Waals surface area contributed by atoms with Crippen LogP contribution < -0.4 is 0 Å². The molecule has 1 nitrogen and oxygen atoms in total. The van der Waals surface area contributed by atoms with Gasteiger partial charge in [0.25, 0.3) is 0 Å². The summed E-state index contributed by atoms with van der Waals surface area (Å²) >= 11 is 11.1. The van der Waals surface area contributed by atoms with E-state index in [0.717, 1.165) is 19.6 Å². The fourth-order valence-electron chi connectivity index (χ4n) is 1.54. The summed E-state index contributed by atoms with van der Waals surface area (Å²) in [5.74, 6) is 0.707. The van der Waals surface area contributed by atoms with Crippen LogP contribution in [-0.2, 0) is 10.2 Å². The highest BCUT2D eigenvalue weighted by Crippen LogP contribution is 2.40. The molecule has 0 aromatic carbocycles. The summed E-state index contributed by atoms with van der Waals surface area (Å²) in [7, 11) is 0. The van der Waals surface area contributed by atoms with E-state index in [1.165, 1.54) is 8.66 Å². The molecule has 1 aromatic heterocycles. The molecule has 2 heterocycles. The van der Waals surface area contributed by atoms with Crippen LogP contribution >= 0.6 is 38.9 Å². The molecular weight excluding hydrogens is 272 g/mol. The van der Waals surface area contributed by atoms with Crippen LogP contribution in [0.4, 0.5) is 0 Å². The Hall–Kier alpha value is 0.430. The van der Waals surface area contributed by atoms with Crippen LogP contribution in [-0.4, -0.2) is 19.1 Å². The summed E-state index contributed by atoms with van der Waals surface area (Å²) in [6.45, 7) is 1.65. The smallest absolute Gasteiger partial charge is 0.0701 e. The van der Waals surface area contributed by atoms with Crippen LogP contribution in [0.15, 0.2) is 15.9 Å². The van der Waals surface area contributed by atoms with Crippen molar-refractivity contribution in [3.63, 3.8) is 0 Å². The van der Waals surface area contributed by atoms with Crippen LogP contribution in [0.25, 0.3) is 0 Å². The summed E-state index contributed by atoms with van der Waals surface area (Å²) < 4.78 is 6.47. The number of thiophene rings is 1. The Labute approximate surface area is 95.2 Å². The fraction of sp³-hybridized carbons (Fsp3) is 0.556. The van der Waals surface area contributed by atoms with Gasteiger partial charge in [-0.15, -0.1) is 22.9 Å². The molecule has 4 heteroatoms. The van der Waals surface area contributed by atoms with Gasteiger partial charge in [0, 0.05) is 10.8 Å². The standard InChI is InChI=1S/C9H10BrClOS/c10-8-2-1-7(13-8)9(3-4-11)5-12-6-9/h1-2H,3-6H2. The van der Waals surface area contributed by atoms with E-state index in [2.05, 4.69) is 28.1 Å². The van der Waals surface area contributed by atoms with Crippen molar-refractivity contribution in [1.82, 2.24) is 0 Å². The van der Waals surface area contributed by atoms with E-state index in [9.17, 15) is 0 Å². The Morgan fingerprint density at radius 3 is 2.69 bits per heavy atom. The molecule has 0 aliphatic carbocycles. The summed E-state index contributed by atoms with van der Waals surface area (Å²) in [6, 6.07) is 4.26. The Morgan fingerprint density at radius 2 is 2.31 bits per heavy atom. The van der Waals surface area contributed by atoms with Gasteiger partial charge < -0.3 is 4.74 Å². The molecule has 1 aliphatic rings. The minimum atomic E-state index is 0.221. The van der Waals surface area contributed by atoms with Gasteiger partial charge in [0.15, 0.2) is 0 Å². The predicted molar refractivity (Wildman–Crippen MR) is 59.9 cm³/mol. The minimum Gasteiger partial charge on any atom is -0.379 e. The molecule has 0 bridgehead atoms. The van der Waals surface area contributed by atoms with Crippen molar-refractivity contribution in [2.24, 2.45) is 0 Å². The molecule has 1 aromatic rings. The number of alkyl halides is 1. The van der Waals surface area contributed by atoms with Crippen molar-refractivity contribution >= 4 is 38.9 Å². The number of ether oxygens (including phenoxy) is 1. The lowest BCUT2D eigenvalue weighted by Crippen LogP contribution is -2.46. The van der Waals surface area contributed by atoms with E-state index in [1.807, 2.05) is 0 Å².